The van der Waals surface area contributed by atoms with Crippen LogP contribution in [-0.4, -0.2) is 10.8 Å². The van der Waals surface area contributed by atoms with E-state index in [1.54, 1.807) is 42.5 Å². The quantitative estimate of drug-likeness (QED) is 0.130. The zero-order valence-electron chi connectivity index (χ0n) is 16.7. The molecule has 3 aromatic rings. The summed E-state index contributed by atoms with van der Waals surface area (Å²) >= 11 is 10.2. The van der Waals surface area contributed by atoms with E-state index in [-0.39, 0.29) is 17.9 Å². The molecule has 0 spiro atoms. The van der Waals surface area contributed by atoms with E-state index < -0.39 is 10.8 Å². The summed E-state index contributed by atoms with van der Waals surface area (Å²) in [6.45, 7) is 0.118. The van der Waals surface area contributed by atoms with E-state index in [2.05, 4.69) is 53.1 Å². The van der Waals surface area contributed by atoms with Crippen molar-refractivity contribution in [1.29, 1.82) is 5.26 Å². The molecule has 33 heavy (non-hydrogen) atoms. The Hall–Kier alpha value is -3.00. The topological polar surface area (TPSA) is 105 Å². The van der Waals surface area contributed by atoms with Gasteiger partial charge in [0.25, 0.3) is 11.6 Å². The van der Waals surface area contributed by atoms with Gasteiger partial charge in [-0.15, -0.1) is 0 Å². The highest BCUT2D eigenvalue weighted by Gasteiger charge is 2.14. The number of nitro groups is 1. The Morgan fingerprint density at radius 3 is 2.42 bits per heavy atom. The lowest BCUT2D eigenvalue weighted by Crippen LogP contribution is -2.13. The van der Waals surface area contributed by atoms with Gasteiger partial charge in [0.2, 0.25) is 0 Å². The molecule has 10 heteroatoms. The van der Waals surface area contributed by atoms with Gasteiger partial charge >= 0.3 is 0 Å². The molecular weight excluding hydrogens is 622 g/mol. The second-order valence-electron chi connectivity index (χ2n) is 6.66. The highest BCUT2D eigenvalue weighted by Crippen LogP contribution is 2.36. The Bertz CT molecular complexity index is 1280. The van der Waals surface area contributed by atoms with Crippen LogP contribution in [0, 0.1) is 21.4 Å². The average Bonchev–Trinajstić information content (AvgIpc) is 2.77. The maximum Gasteiger partial charge on any atom is 0.269 e. The van der Waals surface area contributed by atoms with Crippen molar-refractivity contribution in [2.75, 3.05) is 5.32 Å². The fraction of sp³-hybridized carbons (Fsp3) is 0.0435. The molecule has 0 aliphatic heterocycles. The van der Waals surface area contributed by atoms with Crippen LogP contribution in [0.25, 0.3) is 6.08 Å². The van der Waals surface area contributed by atoms with E-state index in [0.29, 0.717) is 31.5 Å². The minimum absolute atomic E-state index is 0.0140. The molecule has 0 saturated heterocycles. The number of ether oxygens (including phenoxy) is 1. The monoisotopic (exact) mass is 633 g/mol. The third kappa shape index (κ3) is 6.74. The number of nitriles is 1. The minimum atomic E-state index is -0.533. The fourth-order valence-electron chi connectivity index (χ4n) is 2.80. The summed E-state index contributed by atoms with van der Waals surface area (Å²) in [4.78, 5) is 23.0. The van der Waals surface area contributed by atoms with Crippen LogP contribution < -0.4 is 10.1 Å². The Balaban J connectivity index is 1.77. The van der Waals surface area contributed by atoms with Crippen LogP contribution >= 0.6 is 47.8 Å². The summed E-state index contributed by atoms with van der Waals surface area (Å²) in [5, 5.41) is 23.1. The van der Waals surface area contributed by atoms with Crippen LogP contribution in [0.1, 0.15) is 11.1 Å². The van der Waals surface area contributed by atoms with Gasteiger partial charge in [-0.3, -0.25) is 14.9 Å². The van der Waals surface area contributed by atoms with Gasteiger partial charge in [0, 0.05) is 22.3 Å². The second-order valence-corrected chi connectivity index (χ2v) is 9.29. The van der Waals surface area contributed by atoms with Crippen molar-refractivity contribution < 1.29 is 14.5 Å². The number of amides is 1. The predicted molar refractivity (Wildman–Crippen MR) is 136 cm³/mol. The number of non-ortho nitro benzene ring substituents is 1. The smallest absolute Gasteiger partial charge is 0.269 e. The first-order chi connectivity index (χ1) is 15.8. The second kappa shape index (κ2) is 11.2. The van der Waals surface area contributed by atoms with Gasteiger partial charge in [-0.2, -0.15) is 5.26 Å². The highest BCUT2D eigenvalue weighted by atomic mass is 79.9. The molecule has 0 aromatic heterocycles. The molecule has 3 aromatic carbocycles. The van der Waals surface area contributed by atoms with Gasteiger partial charge < -0.3 is 10.1 Å². The lowest BCUT2D eigenvalue weighted by atomic mass is 10.1. The number of nitro benzene ring substituents is 1. The number of carbonyl (C=O) groups is 1. The summed E-state index contributed by atoms with van der Waals surface area (Å²) in [5.41, 5.74) is 1.71. The molecule has 0 aliphatic rings. The van der Waals surface area contributed by atoms with Crippen molar-refractivity contribution in [3.8, 4) is 11.8 Å². The van der Waals surface area contributed by atoms with Crippen molar-refractivity contribution in [3.05, 3.63) is 101 Å². The van der Waals surface area contributed by atoms with Gasteiger partial charge in [0.05, 0.1) is 13.9 Å². The van der Waals surface area contributed by atoms with Crippen LogP contribution in [0.5, 0.6) is 5.75 Å². The first kappa shape index (κ1) is 24.6. The van der Waals surface area contributed by atoms with E-state index >= 15 is 0 Å². The highest BCUT2D eigenvalue weighted by molar-refractivity contribution is 9.11. The number of halogens is 3. The van der Waals surface area contributed by atoms with Gasteiger partial charge in [0.1, 0.15) is 24.0 Å². The largest absolute Gasteiger partial charge is 0.487 e. The molecule has 0 aliphatic carbocycles. The number of hydrogen-bond acceptors (Lipinski definition) is 5. The van der Waals surface area contributed by atoms with Crippen molar-refractivity contribution in [2.45, 2.75) is 6.61 Å². The van der Waals surface area contributed by atoms with E-state index in [1.165, 1.54) is 18.2 Å². The van der Waals surface area contributed by atoms with E-state index in [4.69, 9.17) is 4.74 Å². The molecule has 3 rings (SSSR count). The molecule has 0 unspecified atom stereocenters. The zero-order chi connectivity index (χ0) is 24.0. The summed E-state index contributed by atoms with van der Waals surface area (Å²) in [6.07, 6.45) is 1.47. The summed E-state index contributed by atoms with van der Waals surface area (Å²) in [6, 6.07) is 18.6. The van der Waals surface area contributed by atoms with Crippen molar-refractivity contribution in [1.82, 2.24) is 0 Å². The molecule has 7 nitrogen and oxygen atoms in total. The van der Waals surface area contributed by atoms with Gasteiger partial charge in [0.15, 0.2) is 0 Å². The van der Waals surface area contributed by atoms with Crippen LogP contribution in [0.2, 0.25) is 0 Å². The van der Waals surface area contributed by atoms with Crippen molar-refractivity contribution >= 4 is 71.1 Å². The fourth-order valence-corrected chi connectivity index (χ4v) is 4.65. The number of benzene rings is 3. The molecule has 0 saturated carbocycles. The van der Waals surface area contributed by atoms with Crippen LogP contribution in [-0.2, 0) is 11.4 Å². The lowest BCUT2D eigenvalue weighted by molar-refractivity contribution is -0.384. The van der Waals surface area contributed by atoms with Crippen LogP contribution in [0.15, 0.2) is 79.7 Å². The normalized spacial score (nSPS) is 10.9. The zero-order valence-corrected chi connectivity index (χ0v) is 21.5. The van der Waals surface area contributed by atoms with E-state index in [9.17, 15) is 20.2 Å². The Kier molecular flexibility index (Phi) is 8.38. The van der Waals surface area contributed by atoms with Crippen LogP contribution in [0.4, 0.5) is 11.4 Å². The third-order valence-corrected chi connectivity index (χ3v) is 5.96. The Labute approximate surface area is 214 Å². The minimum Gasteiger partial charge on any atom is -0.487 e. The number of rotatable bonds is 7. The number of nitrogens with one attached hydrogen (secondary N) is 1. The first-order valence-electron chi connectivity index (χ1n) is 9.30. The summed E-state index contributed by atoms with van der Waals surface area (Å²) in [7, 11) is 0. The SMILES string of the molecule is N#C/C(=C/c1cc(Br)c(OCc2cccc([N+](=O)[O-])c2)c(Br)c1)C(=O)Nc1cccc(Br)c1. The molecule has 0 fully saturated rings. The molecule has 0 heterocycles. The van der Waals surface area contributed by atoms with Crippen LogP contribution in [0.3, 0.4) is 0 Å². The molecule has 1 N–H and O–H groups in total. The number of nitrogens with zero attached hydrogens (tertiary/aromatic N) is 2. The summed E-state index contributed by atoms with van der Waals surface area (Å²) < 4.78 is 7.79. The number of anilines is 1. The number of hydrogen-bond donors (Lipinski definition) is 1. The third-order valence-electron chi connectivity index (χ3n) is 4.28. The Morgan fingerprint density at radius 1 is 1.09 bits per heavy atom. The lowest BCUT2D eigenvalue weighted by Gasteiger charge is -2.12. The van der Waals surface area contributed by atoms with E-state index in [1.807, 2.05) is 12.1 Å². The predicted octanol–water partition coefficient (Wildman–Crippen LogP) is 7.01. The van der Waals surface area contributed by atoms with Crippen molar-refractivity contribution in [3.63, 3.8) is 0 Å². The molecular formula is C23H14Br3N3O4. The van der Waals surface area contributed by atoms with E-state index in [0.717, 1.165) is 4.47 Å². The maximum atomic E-state index is 12.5. The molecule has 0 atom stereocenters. The average molecular weight is 636 g/mol. The standard InChI is InChI=1S/C23H14Br3N3O4/c24-17-4-2-5-18(11-17)28-23(30)16(12-27)7-15-9-20(25)22(21(26)10-15)33-13-14-3-1-6-19(8-14)29(31)32/h1-11H,13H2,(H,28,30)/b16-7-. The van der Waals surface area contributed by atoms with Crippen molar-refractivity contribution in [2.24, 2.45) is 0 Å². The Morgan fingerprint density at radius 2 is 1.79 bits per heavy atom. The molecule has 1 amide bonds. The van der Waals surface area contributed by atoms with Gasteiger partial charge in [-0.05, 0) is 79.4 Å². The maximum absolute atomic E-state index is 12.5. The molecule has 166 valence electrons. The first-order valence-corrected chi connectivity index (χ1v) is 11.7. The van der Waals surface area contributed by atoms with Gasteiger partial charge in [-0.25, -0.2) is 0 Å². The summed E-state index contributed by atoms with van der Waals surface area (Å²) in [5.74, 6) is -0.0513. The number of carbonyl (C=O) groups excluding carboxylic acids is 1. The molecule has 0 bridgehead atoms. The van der Waals surface area contributed by atoms with Gasteiger partial charge in [-0.1, -0.05) is 34.1 Å². The molecule has 0 radical (unpaired) electrons.